The minimum absolute atomic E-state index is 0.360. The Balaban J connectivity index is -0.000000949. The summed E-state index contributed by atoms with van der Waals surface area (Å²) in [6.45, 7) is 52.4. The maximum Gasteiger partial charge on any atom is 0.231 e. The Morgan fingerprint density at radius 2 is 0.868 bits per heavy atom. The summed E-state index contributed by atoms with van der Waals surface area (Å²) in [5.41, 5.74) is 9.45. The molecule has 0 amide bonds. The maximum absolute atomic E-state index is 5.43. The number of aromatic nitrogens is 7. The van der Waals surface area contributed by atoms with Gasteiger partial charge in [0.15, 0.2) is 46.0 Å². The van der Waals surface area contributed by atoms with Crippen molar-refractivity contribution >= 4 is 11.3 Å². The van der Waals surface area contributed by atoms with Crippen LogP contribution < -0.4 is 37.9 Å². The second-order valence-electron chi connectivity index (χ2n) is 17.4. The summed E-state index contributed by atoms with van der Waals surface area (Å²) >= 11 is 1.67. The second kappa shape index (κ2) is 57.0. The average molecular weight is 1280 g/mol. The lowest BCUT2D eigenvalue weighted by atomic mass is 10.2. The van der Waals surface area contributed by atoms with Gasteiger partial charge in [-0.3, -0.25) is 4.98 Å². The molecule has 0 unspecified atom stereocenters. The summed E-state index contributed by atoms with van der Waals surface area (Å²) in [5, 5.41) is 3.10. The lowest BCUT2D eigenvalue weighted by Gasteiger charge is -2.19. The van der Waals surface area contributed by atoms with Crippen molar-refractivity contribution in [2.45, 2.75) is 173 Å². The van der Waals surface area contributed by atoms with Crippen molar-refractivity contribution in [3.8, 4) is 46.0 Å². The summed E-state index contributed by atoms with van der Waals surface area (Å²) in [6.07, 6.45) is 12.9. The van der Waals surface area contributed by atoms with Gasteiger partial charge >= 0.3 is 0 Å². The van der Waals surface area contributed by atoms with Crippen LogP contribution in [0.4, 0.5) is 0 Å². The predicted molar refractivity (Wildman–Crippen MR) is 385 cm³/mol. The molecule has 506 valence electrons. The van der Waals surface area contributed by atoms with E-state index < -0.39 is 0 Å². The summed E-state index contributed by atoms with van der Waals surface area (Å²) < 4.78 is 48.2. The van der Waals surface area contributed by atoms with Gasteiger partial charge in [-0.25, -0.2) is 15.0 Å². The molecule has 16 heteroatoms. The fourth-order valence-corrected chi connectivity index (χ4v) is 7.48. The fraction of sp³-hybridized carbons (Fsp3) is 0.440. The van der Waals surface area contributed by atoms with Gasteiger partial charge in [0, 0.05) is 62.2 Å². The van der Waals surface area contributed by atoms with Gasteiger partial charge in [-0.15, -0.1) is 11.3 Å². The number of rotatable bonds is 2. The third kappa shape index (κ3) is 36.3. The van der Waals surface area contributed by atoms with Gasteiger partial charge in [0.05, 0.1) is 29.7 Å². The molecule has 8 heterocycles. The van der Waals surface area contributed by atoms with Gasteiger partial charge in [-0.1, -0.05) is 178 Å². The van der Waals surface area contributed by atoms with Crippen molar-refractivity contribution in [3.63, 3.8) is 0 Å². The monoisotopic (exact) mass is 1280 g/mol. The van der Waals surface area contributed by atoms with E-state index in [4.69, 9.17) is 37.9 Å². The van der Waals surface area contributed by atoms with E-state index >= 15 is 0 Å². The molecule has 9 aromatic rings. The highest BCUT2D eigenvalue weighted by Crippen LogP contribution is 2.35. The first-order valence-electron chi connectivity index (χ1n) is 32.5. The van der Waals surface area contributed by atoms with Crippen LogP contribution >= 0.6 is 11.3 Å². The molecule has 0 saturated heterocycles. The van der Waals surface area contributed by atoms with E-state index in [1.165, 1.54) is 28.1 Å². The fourth-order valence-electron chi connectivity index (χ4n) is 7.04. The largest absolute Gasteiger partial charge is 0.486 e. The van der Waals surface area contributed by atoms with Crippen LogP contribution in [0.25, 0.3) is 0 Å². The molecule has 0 aliphatic carbocycles. The van der Waals surface area contributed by atoms with E-state index in [0.29, 0.717) is 40.0 Å². The van der Waals surface area contributed by atoms with Crippen LogP contribution in [0.3, 0.4) is 0 Å². The van der Waals surface area contributed by atoms with Gasteiger partial charge in [0.25, 0.3) is 0 Å². The van der Waals surface area contributed by atoms with Crippen molar-refractivity contribution < 1.29 is 37.9 Å². The molecule has 0 atom stereocenters. The summed E-state index contributed by atoms with van der Waals surface area (Å²) in [4.78, 5) is 15.9. The molecular weight excluding hydrogens is 1160 g/mol. The summed E-state index contributed by atoms with van der Waals surface area (Å²) in [5.74, 6) is 6.97. The number of hydrogen-bond donors (Lipinski definition) is 0. The smallest absolute Gasteiger partial charge is 0.231 e. The van der Waals surface area contributed by atoms with Gasteiger partial charge < -0.3 is 51.6 Å². The zero-order chi connectivity index (χ0) is 69.4. The Kier molecular flexibility index (Phi) is 54.4. The Labute approximate surface area is 555 Å². The Hall–Kier alpha value is -8.24. The predicted octanol–water partition coefficient (Wildman–Crippen LogP) is 20.3. The van der Waals surface area contributed by atoms with E-state index in [-0.39, 0.29) is 0 Å². The van der Waals surface area contributed by atoms with Crippen LogP contribution in [0.1, 0.15) is 161 Å². The lowest BCUT2D eigenvalue weighted by molar-refractivity contribution is 0.170. The van der Waals surface area contributed by atoms with Crippen molar-refractivity contribution in [3.05, 3.63) is 202 Å². The van der Waals surface area contributed by atoms with Gasteiger partial charge in [0.2, 0.25) is 13.6 Å². The Bertz CT molecular complexity index is 3050. The van der Waals surface area contributed by atoms with Crippen molar-refractivity contribution in [2.24, 2.45) is 14.1 Å². The molecule has 4 aliphatic heterocycles. The number of thiazole rings is 1. The minimum Gasteiger partial charge on any atom is -0.486 e. The van der Waals surface area contributed by atoms with E-state index in [2.05, 4.69) is 55.7 Å². The van der Waals surface area contributed by atoms with Gasteiger partial charge in [-0.05, 0) is 120 Å². The first kappa shape index (κ1) is 87.0. The normalized spacial score (nSPS) is 10.6. The van der Waals surface area contributed by atoms with Crippen molar-refractivity contribution in [1.82, 2.24) is 33.6 Å². The first-order chi connectivity index (χ1) is 44.3. The average Bonchev–Trinajstić information content (AvgIpc) is 1.98. The number of aryl methyl sites for hydroxylation is 10. The van der Waals surface area contributed by atoms with E-state index in [1.54, 1.807) is 30.2 Å². The molecule has 5 aromatic carbocycles. The molecule has 0 bridgehead atoms. The van der Waals surface area contributed by atoms with Gasteiger partial charge in [0.1, 0.15) is 26.4 Å². The summed E-state index contributed by atoms with van der Waals surface area (Å²) in [6, 6.07) is 34.1. The van der Waals surface area contributed by atoms with Crippen LogP contribution in [0.5, 0.6) is 46.0 Å². The minimum atomic E-state index is 0.360. The third-order valence-electron chi connectivity index (χ3n) is 11.1. The van der Waals surface area contributed by atoms with E-state index in [9.17, 15) is 0 Å². The number of benzene rings is 5. The molecule has 15 nitrogen and oxygen atoms in total. The van der Waals surface area contributed by atoms with E-state index in [1.807, 2.05) is 292 Å². The maximum atomic E-state index is 5.43. The van der Waals surface area contributed by atoms with Gasteiger partial charge in [-0.2, -0.15) is 0 Å². The van der Waals surface area contributed by atoms with Crippen LogP contribution in [-0.4, -0.2) is 73.7 Å². The Morgan fingerprint density at radius 3 is 1.27 bits per heavy atom. The number of nitrogens with zero attached hydrogens (tertiary/aromatic N) is 7. The number of para-hydroxylation sites is 2. The highest BCUT2D eigenvalue weighted by molar-refractivity contribution is 7.09. The topological polar surface area (TPSA) is 140 Å². The van der Waals surface area contributed by atoms with Crippen LogP contribution in [-0.2, 0) is 20.6 Å². The molecule has 0 radical (unpaired) electrons. The molecule has 0 spiro atoms. The molecule has 0 fully saturated rings. The van der Waals surface area contributed by atoms with Crippen molar-refractivity contribution in [2.75, 3.05) is 40.0 Å². The number of fused-ring (bicyclic) bond motifs is 4. The number of ether oxygens (including phenoxy) is 8. The zero-order valence-electron chi connectivity index (χ0n) is 60.7. The molecule has 0 N–H and O–H groups in total. The number of hydrogen-bond acceptors (Lipinski definition) is 13. The van der Waals surface area contributed by atoms with Crippen LogP contribution in [0.2, 0.25) is 0 Å². The summed E-state index contributed by atoms with van der Waals surface area (Å²) in [7, 11) is 3.93. The molecule has 4 aromatic heterocycles. The molecule has 13 rings (SSSR count). The standard InChI is InChI=1S/C11H12N2.2C9H10O2.2C8H8O2.2C5H8N2.C4H5NS.8C2H6/c1-10-7-12-9-13(10)8-11-5-3-2-4-6-11;1-7-2-3-8-9(6-7)11-5-4-10-8;1-7-3-2-4-8-9(7)11-6-5-10-8;1-6-2-3-7-8(4-6)10-5-9-7;1-6-3-2-4-7-8(6)10-5-9-7;1-5-3-7(2)4-6-5;1-5-3-6-4-7(5)2;1-4-5-2-3-6-4;8*1-2/h2-7,9H,8H2,1H3;2-3,6H,4-5H2,1H3;2-4H,5-6H2,1H3;2*2-4H,5H2,1H3;2*3-4H,1-2H3;2-3H,1H3;8*1-2H3. The molecule has 4 aliphatic rings. The first-order valence-corrected chi connectivity index (χ1v) is 33.4. The molecular formula is C75H117N7O8S. The molecule has 0 saturated carbocycles. The highest BCUT2D eigenvalue weighted by Gasteiger charge is 2.15. The van der Waals surface area contributed by atoms with E-state index in [0.717, 1.165) is 74.4 Å². The number of imidazole rings is 3. The highest BCUT2D eigenvalue weighted by atomic mass is 32.1. The lowest BCUT2D eigenvalue weighted by Crippen LogP contribution is -2.15. The Morgan fingerprint density at radius 1 is 0.418 bits per heavy atom. The van der Waals surface area contributed by atoms with Crippen LogP contribution in [0.15, 0.2) is 152 Å². The third-order valence-corrected chi connectivity index (χ3v) is 11.9. The quantitative estimate of drug-likeness (QED) is 0.163. The SMILES string of the molecule is CC.CC.CC.CC.CC.CC.CC.CC.Cc1ccc2c(c1)OCCO2.Cc1ccc2c(c1)OCO2.Cc1cccc2c1OCCO2.Cc1cccc2c1OCO2.Cc1cn(C)cn1.Cc1cncn1C.Cc1cncn1Cc1ccccc1.Cc1nccs1. The van der Waals surface area contributed by atoms with Crippen LogP contribution in [0, 0.1) is 55.4 Å². The van der Waals surface area contributed by atoms with Crippen molar-refractivity contribution in [1.29, 1.82) is 0 Å². The molecule has 91 heavy (non-hydrogen) atoms. The zero-order valence-corrected chi connectivity index (χ0v) is 61.5. The second-order valence-corrected chi connectivity index (χ2v) is 18.5.